The van der Waals surface area contributed by atoms with E-state index in [-0.39, 0.29) is 40.9 Å². The maximum Gasteiger partial charge on any atom is 0.254 e. The summed E-state index contributed by atoms with van der Waals surface area (Å²) in [6.45, 7) is 4.83. The monoisotopic (exact) mass is 458 g/mol. The molecule has 1 saturated heterocycles. The van der Waals surface area contributed by atoms with Gasteiger partial charge < -0.3 is 9.47 Å². The number of carbonyl (C=O) groups excluding carboxylic acids is 2. The van der Waals surface area contributed by atoms with Crippen LogP contribution >= 0.6 is 15.9 Å². The van der Waals surface area contributed by atoms with Gasteiger partial charge in [-0.25, -0.2) is 0 Å². The molecule has 152 valence electrons. The molecule has 1 aliphatic heterocycles. The smallest absolute Gasteiger partial charge is 0.254 e. The fourth-order valence-electron chi connectivity index (χ4n) is 5.51. The molecule has 29 heavy (non-hydrogen) atoms. The van der Waals surface area contributed by atoms with Crippen LogP contribution in [0, 0.1) is 29.1 Å². The van der Waals surface area contributed by atoms with Crippen LogP contribution in [0.3, 0.4) is 0 Å². The molecule has 1 heterocycles. The number of imide groups is 1. The van der Waals surface area contributed by atoms with Crippen molar-refractivity contribution in [1.82, 2.24) is 5.01 Å². The number of amides is 2. The molecule has 0 unspecified atom stereocenters. The van der Waals surface area contributed by atoms with Gasteiger partial charge in [0.15, 0.2) is 11.5 Å². The summed E-state index contributed by atoms with van der Waals surface area (Å²) in [6, 6.07) is 3.65. The molecule has 1 aromatic rings. The summed E-state index contributed by atoms with van der Waals surface area (Å²) in [5, 5.41) is 5.37. The molecule has 2 saturated carbocycles. The number of rotatable bonds is 6. The predicted molar refractivity (Wildman–Crippen MR) is 111 cm³/mol. The number of fused-ring (bicyclic) bond motifs is 3. The third-order valence-electron chi connectivity index (χ3n) is 6.77. The molecule has 7 heteroatoms. The Balaban J connectivity index is 1.40. The highest BCUT2D eigenvalue weighted by Gasteiger charge is 2.73. The van der Waals surface area contributed by atoms with Gasteiger partial charge in [0, 0.05) is 0 Å². The number of carbonyl (C=O) groups is 2. The lowest BCUT2D eigenvalue weighted by molar-refractivity contribution is -0.141. The van der Waals surface area contributed by atoms with E-state index in [0.29, 0.717) is 24.7 Å². The van der Waals surface area contributed by atoms with Crippen LogP contribution in [-0.4, -0.2) is 36.3 Å². The lowest BCUT2D eigenvalue weighted by Gasteiger charge is -2.18. The van der Waals surface area contributed by atoms with Gasteiger partial charge >= 0.3 is 0 Å². The molecular weight excluding hydrogens is 436 g/mol. The molecule has 4 atom stereocenters. The predicted octanol–water partition coefficient (Wildman–Crippen LogP) is 3.78. The molecule has 2 bridgehead atoms. The minimum Gasteiger partial charge on any atom is -0.490 e. The summed E-state index contributed by atoms with van der Waals surface area (Å²) < 4.78 is 12.1. The highest BCUT2D eigenvalue weighted by molar-refractivity contribution is 9.10. The minimum atomic E-state index is -0.233. The molecule has 2 amide bonds. The highest BCUT2D eigenvalue weighted by Crippen LogP contribution is 2.73. The summed E-state index contributed by atoms with van der Waals surface area (Å²) in [7, 11) is 0. The van der Waals surface area contributed by atoms with Crippen LogP contribution in [0.2, 0.25) is 0 Å². The SMILES string of the molecule is CCOc1cc(/C=N\N2C(=O)[C@H]3[C@H](C2=O)[C@H]2C=C[C@H]3C23CC3)cc(Br)c1OCC. The van der Waals surface area contributed by atoms with Crippen molar-refractivity contribution in [3.8, 4) is 11.5 Å². The van der Waals surface area contributed by atoms with Crippen LogP contribution < -0.4 is 9.47 Å². The average Bonchev–Trinajstić information content (AvgIpc) is 3.29. The van der Waals surface area contributed by atoms with Gasteiger partial charge in [-0.3, -0.25) is 9.59 Å². The molecule has 1 aromatic carbocycles. The number of benzene rings is 1. The van der Waals surface area contributed by atoms with Gasteiger partial charge in [-0.2, -0.15) is 10.1 Å². The third kappa shape index (κ3) is 2.62. The Hall–Kier alpha value is -2.15. The molecule has 5 rings (SSSR count). The van der Waals surface area contributed by atoms with Gasteiger partial charge in [-0.1, -0.05) is 12.2 Å². The fraction of sp³-hybridized carbons (Fsp3) is 0.500. The molecule has 3 aliphatic carbocycles. The van der Waals surface area contributed by atoms with E-state index in [4.69, 9.17) is 9.47 Å². The van der Waals surface area contributed by atoms with Crippen LogP contribution in [0.4, 0.5) is 0 Å². The normalized spacial score (nSPS) is 30.7. The van der Waals surface area contributed by atoms with Gasteiger partial charge in [0.1, 0.15) is 0 Å². The van der Waals surface area contributed by atoms with Crippen molar-refractivity contribution < 1.29 is 19.1 Å². The third-order valence-corrected chi connectivity index (χ3v) is 7.36. The molecule has 0 radical (unpaired) electrons. The number of halogens is 1. The zero-order valence-corrected chi connectivity index (χ0v) is 18.0. The van der Waals surface area contributed by atoms with E-state index in [1.807, 2.05) is 19.9 Å². The topological polar surface area (TPSA) is 68.2 Å². The quantitative estimate of drug-likeness (QED) is 0.369. The van der Waals surface area contributed by atoms with Crippen molar-refractivity contribution in [2.45, 2.75) is 26.7 Å². The van der Waals surface area contributed by atoms with Gasteiger partial charge in [0.2, 0.25) is 0 Å². The molecule has 6 nitrogen and oxygen atoms in total. The second kappa shape index (κ2) is 6.69. The lowest BCUT2D eigenvalue weighted by Crippen LogP contribution is -2.30. The number of hydrogen-bond acceptors (Lipinski definition) is 5. The minimum absolute atomic E-state index is 0.158. The number of hydrazone groups is 1. The molecule has 4 aliphatic rings. The Morgan fingerprint density at radius 2 is 1.72 bits per heavy atom. The number of hydrogen-bond donors (Lipinski definition) is 0. The van der Waals surface area contributed by atoms with Gasteiger partial charge in [-0.05, 0) is 77.6 Å². The molecule has 3 fully saturated rings. The fourth-order valence-corrected chi connectivity index (χ4v) is 6.08. The highest BCUT2D eigenvalue weighted by atomic mass is 79.9. The second-order valence-corrected chi connectivity index (χ2v) is 9.00. The maximum atomic E-state index is 13.0. The lowest BCUT2D eigenvalue weighted by atomic mass is 9.85. The van der Waals surface area contributed by atoms with E-state index in [9.17, 15) is 9.59 Å². The van der Waals surface area contributed by atoms with Crippen LogP contribution in [0.5, 0.6) is 11.5 Å². The van der Waals surface area contributed by atoms with E-state index in [1.165, 1.54) is 0 Å². The van der Waals surface area contributed by atoms with Gasteiger partial charge in [-0.15, -0.1) is 0 Å². The van der Waals surface area contributed by atoms with Crippen LogP contribution in [-0.2, 0) is 9.59 Å². The van der Waals surface area contributed by atoms with Crippen LogP contribution in [0.25, 0.3) is 0 Å². The number of ether oxygens (including phenoxy) is 2. The Labute approximate surface area is 178 Å². The van der Waals surface area contributed by atoms with E-state index in [2.05, 4.69) is 33.2 Å². The average molecular weight is 459 g/mol. The molecule has 1 spiro atoms. The van der Waals surface area contributed by atoms with E-state index >= 15 is 0 Å². The first-order valence-electron chi connectivity index (χ1n) is 10.2. The van der Waals surface area contributed by atoms with E-state index in [1.54, 1.807) is 12.3 Å². The largest absolute Gasteiger partial charge is 0.490 e. The zero-order valence-electron chi connectivity index (χ0n) is 16.4. The molecular formula is C22H23BrN2O4. The summed E-state index contributed by atoms with van der Waals surface area (Å²) >= 11 is 3.51. The van der Waals surface area contributed by atoms with Crippen molar-refractivity contribution in [3.05, 3.63) is 34.3 Å². The summed E-state index contributed by atoms with van der Waals surface area (Å²) in [4.78, 5) is 26.0. The Kier molecular flexibility index (Phi) is 4.35. The number of allylic oxidation sites excluding steroid dienone is 2. The van der Waals surface area contributed by atoms with Crippen LogP contribution in [0.15, 0.2) is 33.9 Å². The van der Waals surface area contributed by atoms with Crippen molar-refractivity contribution >= 4 is 34.0 Å². The first kappa shape index (κ1) is 18.9. The zero-order chi connectivity index (χ0) is 20.3. The standard InChI is InChI=1S/C22H23BrN2O4/c1-3-28-16-10-12(9-15(23)19(16)29-4-2)11-24-25-20(26)17-13-5-6-14(18(17)21(25)27)22(13)7-8-22/h5-6,9-11,13-14,17-18H,3-4,7-8H2,1-2H3/b24-11-/t13-,14-,17-,18-/m1/s1. The summed E-state index contributed by atoms with van der Waals surface area (Å²) in [5.41, 5.74) is 0.921. The first-order chi connectivity index (χ1) is 14.0. The second-order valence-electron chi connectivity index (χ2n) is 8.15. The molecule has 0 aromatic heterocycles. The number of nitrogens with zero attached hydrogens (tertiary/aromatic N) is 2. The summed E-state index contributed by atoms with van der Waals surface area (Å²) in [6.07, 6.45) is 8.13. The maximum absolute atomic E-state index is 13.0. The Morgan fingerprint density at radius 1 is 1.10 bits per heavy atom. The van der Waals surface area contributed by atoms with Crippen molar-refractivity contribution in [2.75, 3.05) is 13.2 Å². The van der Waals surface area contributed by atoms with Gasteiger partial charge in [0.05, 0.1) is 35.7 Å². The van der Waals surface area contributed by atoms with E-state index in [0.717, 1.165) is 27.9 Å². The van der Waals surface area contributed by atoms with Crippen LogP contribution in [0.1, 0.15) is 32.3 Å². The van der Waals surface area contributed by atoms with E-state index < -0.39 is 0 Å². The molecule has 0 N–H and O–H groups in total. The van der Waals surface area contributed by atoms with Crippen molar-refractivity contribution in [1.29, 1.82) is 0 Å². The van der Waals surface area contributed by atoms with Gasteiger partial charge in [0.25, 0.3) is 11.8 Å². The first-order valence-corrected chi connectivity index (χ1v) is 11.0. The summed E-state index contributed by atoms with van der Waals surface area (Å²) in [5.74, 6) is 0.859. The van der Waals surface area contributed by atoms with Crippen molar-refractivity contribution in [3.63, 3.8) is 0 Å². The Morgan fingerprint density at radius 3 is 2.28 bits per heavy atom. The Bertz CT molecular complexity index is 918. The van der Waals surface area contributed by atoms with Crippen molar-refractivity contribution in [2.24, 2.45) is 34.2 Å².